The van der Waals surface area contributed by atoms with Crippen LogP contribution in [0.2, 0.25) is 0 Å². The summed E-state index contributed by atoms with van der Waals surface area (Å²) in [7, 11) is 0. The lowest BCUT2D eigenvalue weighted by atomic mass is 9.91. The smallest absolute Gasteiger partial charge is 0.269 e. The molecule has 156 valence electrons. The Bertz CT molecular complexity index is 1050. The summed E-state index contributed by atoms with van der Waals surface area (Å²) in [4.78, 5) is 40.3. The van der Waals surface area contributed by atoms with Gasteiger partial charge in [-0.1, -0.05) is 27.7 Å². The number of ketones is 1. The van der Waals surface area contributed by atoms with Gasteiger partial charge in [0.15, 0.2) is 5.78 Å². The van der Waals surface area contributed by atoms with Crippen LogP contribution in [0.5, 0.6) is 0 Å². The van der Waals surface area contributed by atoms with Crippen LogP contribution in [-0.2, 0) is 16.1 Å². The lowest BCUT2D eigenvalue weighted by Gasteiger charge is -2.30. The first-order valence-electron chi connectivity index (χ1n) is 9.92. The SMILES string of the molecule is CC1CCN(C(=O)Cn2c(=O)/c(=C/c3ccsc3)s/c2=C\C(=O)C(C)(C)C)CC1. The Morgan fingerprint density at radius 2 is 1.93 bits per heavy atom. The third-order valence-corrected chi connectivity index (χ3v) is 6.96. The molecule has 0 N–H and O–H groups in total. The van der Waals surface area contributed by atoms with Crippen molar-refractivity contribution in [1.82, 2.24) is 9.47 Å². The molecule has 0 bridgehead atoms. The van der Waals surface area contributed by atoms with E-state index in [4.69, 9.17) is 0 Å². The summed E-state index contributed by atoms with van der Waals surface area (Å²) in [5.41, 5.74) is 0.188. The van der Waals surface area contributed by atoms with Gasteiger partial charge in [0, 0.05) is 24.6 Å². The van der Waals surface area contributed by atoms with Crippen LogP contribution in [0, 0.1) is 11.3 Å². The fourth-order valence-electron chi connectivity index (χ4n) is 3.12. The van der Waals surface area contributed by atoms with Crippen molar-refractivity contribution in [3.63, 3.8) is 0 Å². The molecule has 0 aromatic carbocycles. The van der Waals surface area contributed by atoms with E-state index in [0.717, 1.165) is 31.5 Å². The first-order chi connectivity index (χ1) is 13.6. The van der Waals surface area contributed by atoms with Gasteiger partial charge in [0.25, 0.3) is 5.56 Å². The number of Topliss-reactive ketones (excluding diaryl/α,β-unsaturated/α-hetero) is 1. The fraction of sp³-hybridized carbons (Fsp3) is 0.500. The molecule has 5 nitrogen and oxygen atoms in total. The summed E-state index contributed by atoms with van der Waals surface area (Å²) in [6.07, 6.45) is 5.32. The maximum Gasteiger partial charge on any atom is 0.269 e. The van der Waals surface area contributed by atoms with Crippen molar-refractivity contribution in [3.8, 4) is 0 Å². The Morgan fingerprint density at radius 3 is 2.52 bits per heavy atom. The second-order valence-corrected chi connectivity index (χ2v) is 10.6. The number of rotatable bonds is 4. The molecule has 0 radical (unpaired) electrons. The molecular formula is C22H28N2O3S2. The minimum absolute atomic E-state index is 0.0234. The van der Waals surface area contributed by atoms with E-state index in [9.17, 15) is 14.4 Å². The number of piperidine rings is 1. The largest absolute Gasteiger partial charge is 0.341 e. The van der Waals surface area contributed by atoms with Gasteiger partial charge >= 0.3 is 0 Å². The van der Waals surface area contributed by atoms with Gasteiger partial charge in [-0.15, -0.1) is 11.3 Å². The van der Waals surface area contributed by atoms with Crippen LogP contribution < -0.4 is 14.8 Å². The molecule has 7 heteroatoms. The van der Waals surface area contributed by atoms with Crippen molar-refractivity contribution < 1.29 is 9.59 Å². The molecule has 29 heavy (non-hydrogen) atoms. The number of carbonyl (C=O) groups is 2. The van der Waals surface area contributed by atoms with Crippen LogP contribution in [0.3, 0.4) is 0 Å². The second kappa shape index (κ2) is 8.79. The second-order valence-electron chi connectivity index (χ2n) is 8.72. The highest BCUT2D eigenvalue weighted by Gasteiger charge is 2.23. The predicted octanol–water partition coefficient (Wildman–Crippen LogP) is 2.45. The lowest BCUT2D eigenvalue weighted by molar-refractivity contribution is -0.133. The zero-order chi connectivity index (χ0) is 21.2. The molecule has 1 amide bonds. The van der Waals surface area contributed by atoms with E-state index in [0.29, 0.717) is 15.1 Å². The molecule has 3 rings (SSSR count). The molecule has 0 unspecified atom stereocenters. The molecule has 0 atom stereocenters. The monoisotopic (exact) mass is 432 g/mol. The topological polar surface area (TPSA) is 59.4 Å². The van der Waals surface area contributed by atoms with E-state index in [2.05, 4.69) is 6.92 Å². The Kier molecular flexibility index (Phi) is 6.58. The predicted molar refractivity (Wildman–Crippen MR) is 120 cm³/mol. The van der Waals surface area contributed by atoms with E-state index in [-0.39, 0.29) is 23.8 Å². The molecule has 0 spiro atoms. The summed E-state index contributed by atoms with van der Waals surface area (Å²) >= 11 is 2.83. The Morgan fingerprint density at radius 1 is 1.24 bits per heavy atom. The lowest BCUT2D eigenvalue weighted by Crippen LogP contribution is -2.43. The van der Waals surface area contributed by atoms with Gasteiger partial charge in [-0.25, -0.2) is 0 Å². The molecule has 1 aliphatic heterocycles. The number of likely N-dealkylation sites (tertiary alicyclic amines) is 1. The van der Waals surface area contributed by atoms with Gasteiger partial charge in [-0.2, -0.15) is 11.3 Å². The van der Waals surface area contributed by atoms with Crippen molar-refractivity contribution in [2.45, 2.75) is 47.1 Å². The van der Waals surface area contributed by atoms with Crippen LogP contribution in [0.4, 0.5) is 0 Å². The highest BCUT2D eigenvalue weighted by molar-refractivity contribution is 7.08. The van der Waals surface area contributed by atoms with Gasteiger partial charge in [0.05, 0.1) is 4.53 Å². The Hall–Kier alpha value is -1.99. The summed E-state index contributed by atoms with van der Waals surface area (Å²) in [6.45, 7) is 9.17. The Labute approximate surface area is 179 Å². The van der Waals surface area contributed by atoms with Crippen LogP contribution in [0.1, 0.15) is 46.1 Å². The average Bonchev–Trinajstić information content (AvgIpc) is 3.26. The van der Waals surface area contributed by atoms with E-state index < -0.39 is 5.41 Å². The molecule has 0 aliphatic carbocycles. The summed E-state index contributed by atoms with van der Waals surface area (Å²) in [6, 6.07) is 1.94. The fourth-order valence-corrected chi connectivity index (χ4v) is 4.78. The standard InChI is InChI=1S/C22H28N2O3S2/c1-15-5-8-23(9-6-15)19(26)13-24-20(12-18(25)22(2,3)4)29-17(21(24)27)11-16-7-10-28-14-16/h7,10-12,14-15H,5-6,8-9,13H2,1-4H3/b17-11-,20-12-. The van der Waals surface area contributed by atoms with Crippen molar-refractivity contribution in [1.29, 1.82) is 0 Å². The number of aromatic nitrogens is 1. The van der Waals surface area contributed by atoms with Crippen LogP contribution >= 0.6 is 22.7 Å². The third kappa shape index (κ3) is 5.34. The maximum atomic E-state index is 13.1. The highest BCUT2D eigenvalue weighted by atomic mass is 32.1. The molecule has 3 heterocycles. The van der Waals surface area contributed by atoms with Crippen LogP contribution in [-0.4, -0.2) is 34.2 Å². The number of thiazole rings is 1. The minimum atomic E-state index is -0.547. The molecule has 0 saturated carbocycles. The maximum absolute atomic E-state index is 13.1. The van der Waals surface area contributed by atoms with Crippen LogP contribution in [0.15, 0.2) is 21.6 Å². The quantitative estimate of drug-likeness (QED) is 0.746. The zero-order valence-electron chi connectivity index (χ0n) is 17.4. The summed E-state index contributed by atoms with van der Waals surface area (Å²) in [5, 5.41) is 3.92. The number of hydrogen-bond donors (Lipinski definition) is 0. The minimum Gasteiger partial charge on any atom is -0.341 e. The first kappa shape index (κ1) is 21.7. The van der Waals surface area contributed by atoms with E-state index in [1.54, 1.807) is 11.3 Å². The number of hydrogen-bond acceptors (Lipinski definition) is 5. The average molecular weight is 433 g/mol. The number of thiophene rings is 1. The van der Waals surface area contributed by atoms with Crippen LogP contribution in [0.25, 0.3) is 12.2 Å². The van der Waals surface area contributed by atoms with Crippen molar-refractivity contribution >= 4 is 46.5 Å². The normalized spacial score (nSPS) is 17.2. The molecule has 1 saturated heterocycles. The van der Waals surface area contributed by atoms with Crippen molar-refractivity contribution in [3.05, 3.63) is 41.9 Å². The third-order valence-electron chi connectivity index (χ3n) is 5.20. The number of amides is 1. The van der Waals surface area contributed by atoms with Gasteiger partial charge in [0.1, 0.15) is 11.2 Å². The van der Waals surface area contributed by atoms with Gasteiger partial charge in [0.2, 0.25) is 5.91 Å². The number of carbonyl (C=O) groups excluding carboxylic acids is 2. The van der Waals surface area contributed by atoms with Gasteiger partial charge < -0.3 is 4.90 Å². The Balaban J connectivity index is 2.01. The van der Waals surface area contributed by atoms with Crippen molar-refractivity contribution in [2.75, 3.05) is 13.1 Å². The molecule has 1 fully saturated rings. The molecule has 1 aliphatic rings. The summed E-state index contributed by atoms with van der Waals surface area (Å²) in [5.74, 6) is 0.508. The molecule has 2 aromatic heterocycles. The molecule has 2 aromatic rings. The molecular weight excluding hydrogens is 404 g/mol. The van der Waals surface area contributed by atoms with E-state index in [1.807, 2.05) is 48.6 Å². The van der Waals surface area contributed by atoms with Gasteiger partial charge in [-0.05, 0) is 47.2 Å². The van der Waals surface area contributed by atoms with Gasteiger partial charge in [-0.3, -0.25) is 19.0 Å². The van der Waals surface area contributed by atoms with E-state index in [1.165, 1.54) is 22.0 Å². The highest BCUT2D eigenvalue weighted by Crippen LogP contribution is 2.16. The van der Waals surface area contributed by atoms with Crippen molar-refractivity contribution in [2.24, 2.45) is 11.3 Å². The van der Waals surface area contributed by atoms with E-state index >= 15 is 0 Å². The first-order valence-corrected chi connectivity index (χ1v) is 11.7. The zero-order valence-corrected chi connectivity index (χ0v) is 19.1. The summed E-state index contributed by atoms with van der Waals surface area (Å²) < 4.78 is 2.54. The number of nitrogens with zero attached hydrogens (tertiary/aromatic N) is 2.